The van der Waals surface area contributed by atoms with E-state index in [4.69, 9.17) is 0 Å². The number of hydrogen-bond donors (Lipinski definition) is 1. The Morgan fingerprint density at radius 2 is 1.72 bits per heavy atom. The number of aryl methyl sites for hydroxylation is 1. The molecule has 1 atom stereocenters. The number of hydrogen-bond acceptors (Lipinski definition) is 3. The Bertz CT molecular complexity index is 921. The third-order valence-corrected chi connectivity index (χ3v) is 5.66. The Kier molecular flexibility index (Phi) is 5.34. The Labute approximate surface area is 170 Å². The molecule has 4 rings (SSSR count). The van der Waals surface area contributed by atoms with Crippen molar-refractivity contribution < 1.29 is 14.4 Å². The van der Waals surface area contributed by atoms with Gasteiger partial charge in [-0.25, -0.2) is 0 Å². The van der Waals surface area contributed by atoms with Gasteiger partial charge in [-0.1, -0.05) is 42.0 Å². The first-order valence-corrected chi connectivity index (χ1v) is 10.0. The van der Waals surface area contributed by atoms with E-state index in [0.29, 0.717) is 25.2 Å². The summed E-state index contributed by atoms with van der Waals surface area (Å²) in [7, 11) is 0. The summed E-state index contributed by atoms with van der Waals surface area (Å²) < 4.78 is 0. The molecule has 2 saturated heterocycles. The summed E-state index contributed by atoms with van der Waals surface area (Å²) in [4.78, 5) is 40.6. The lowest BCUT2D eigenvalue weighted by Crippen LogP contribution is -2.56. The average Bonchev–Trinajstić information content (AvgIpc) is 3.23. The highest BCUT2D eigenvalue weighted by Crippen LogP contribution is 2.24. The number of rotatable bonds is 5. The zero-order valence-electron chi connectivity index (χ0n) is 16.6. The fourth-order valence-electron chi connectivity index (χ4n) is 3.97. The van der Waals surface area contributed by atoms with E-state index in [9.17, 15) is 14.4 Å². The molecule has 2 aliphatic rings. The average molecular weight is 391 g/mol. The van der Waals surface area contributed by atoms with E-state index >= 15 is 0 Å². The lowest BCUT2D eigenvalue weighted by Gasteiger charge is -2.36. The maximum absolute atomic E-state index is 12.6. The molecular formula is C23H25N3O3. The highest BCUT2D eigenvalue weighted by atomic mass is 16.2. The second-order valence-corrected chi connectivity index (χ2v) is 7.80. The van der Waals surface area contributed by atoms with Crippen molar-refractivity contribution in [3.8, 4) is 0 Å². The van der Waals surface area contributed by atoms with Gasteiger partial charge in [0, 0.05) is 25.2 Å². The van der Waals surface area contributed by atoms with Crippen LogP contribution >= 0.6 is 0 Å². The molecule has 2 aromatic rings. The van der Waals surface area contributed by atoms with E-state index in [0.717, 1.165) is 24.0 Å². The first-order chi connectivity index (χ1) is 14.0. The summed E-state index contributed by atoms with van der Waals surface area (Å²) in [6.45, 7) is 3.72. The van der Waals surface area contributed by atoms with Crippen molar-refractivity contribution in [1.29, 1.82) is 0 Å². The van der Waals surface area contributed by atoms with Gasteiger partial charge < -0.3 is 15.1 Å². The lowest BCUT2D eigenvalue weighted by atomic mass is 10.1. The first-order valence-electron chi connectivity index (χ1n) is 10.0. The smallest absolute Gasteiger partial charge is 0.251 e. The molecule has 0 spiro atoms. The van der Waals surface area contributed by atoms with Gasteiger partial charge in [0.1, 0.15) is 12.6 Å². The monoisotopic (exact) mass is 391 g/mol. The standard InChI is InChI=1S/C23H25N3O3/c1-16-4-6-17(7-5-16)13-24-22(28)19-10-8-18(9-11-19)14-25-15-21(27)26-12-2-3-20(26)23(25)29/h4-11,20H,2-3,12-15H2,1H3,(H,24,28)/t20-/m1/s1. The van der Waals surface area contributed by atoms with Gasteiger partial charge in [0.05, 0.1) is 0 Å². The molecule has 0 aliphatic carbocycles. The maximum Gasteiger partial charge on any atom is 0.251 e. The summed E-state index contributed by atoms with van der Waals surface area (Å²) in [5.41, 5.74) is 3.72. The van der Waals surface area contributed by atoms with Crippen LogP contribution in [0.2, 0.25) is 0 Å². The summed E-state index contributed by atoms with van der Waals surface area (Å²) in [6.07, 6.45) is 1.64. The van der Waals surface area contributed by atoms with Gasteiger partial charge in [0.25, 0.3) is 5.91 Å². The van der Waals surface area contributed by atoms with Gasteiger partial charge in [0.2, 0.25) is 11.8 Å². The largest absolute Gasteiger partial charge is 0.348 e. The summed E-state index contributed by atoms with van der Waals surface area (Å²) >= 11 is 0. The summed E-state index contributed by atoms with van der Waals surface area (Å²) in [5, 5.41) is 2.92. The number of carbonyl (C=O) groups is 3. The van der Waals surface area contributed by atoms with Gasteiger partial charge in [-0.2, -0.15) is 0 Å². The molecule has 2 aliphatic heterocycles. The van der Waals surface area contributed by atoms with E-state index in [-0.39, 0.29) is 30.3 Å². The van der Waals surface area contributed by atoms with Crippen molar-refractivity contribution >= 4 is 17.7 Å². The quantitative estimate of drug-likeness (QED) is 0.850. The third-order valence-electron chi connectivity index (χ3n) is 5.66. The van der Waals surface area contributed by atoms with Crippen LogP contribution in [0.1, 0.15) is 39.9 Å². The molecule has 0 unspecified atom stereocenters. The highest BCUT2D eigenvalue weighted by Gasteiger charge is 2.41. The molecule has 2 heterocycles. The molecule has 150 valence electrons. The molecule has 0 saturated carbocycles. The maximum atomic E-state index is 12.6. The van der Waals surface area contributed by atoms with E-state index in [1.165, 1.54) is 5.56 Å². The SMILES string of the molecule is Cc1ccc(CNC(=O)c2ccc(CN3CC(=O)N4CCC[C@@H]4C3=O)cc2)cc1. The second kappa shape index (κ2) is 8.07. The van der Waals surface area contributed by atoms with Gasteiger partial charge in [-0.15, -0.1) is 0 Å². The first kappa shape index (κ1) is 19.2. The van der Waals surface area contributed by atoms with Crippen LogP contribution in [0.5, 0.6) is 0 Å². The van der Waals surface area contributed by atoms with Crippen molar-refractivity contribution in [2.45, 2.75) is 38.9 Å². The van der Waals surface area contributed by atoms with Crippen molar-refractivity contribution in [2.75, 3.05) is 13.1 Å². The second-order valence-electron chi connectivity index (χ2n) is 7.80. The van der Waals surface area contributed by atoms with Crippen LogP contribution in [-0.4, -0.2) is 46.7 Å². The molecule has 2 fully saturated rings. The number of fused-ring (bicyclic) bond motifs is 1. The third kappa shape index (κ3) is 4.16. The Morgan fingerprint density at radius 3 is 2.45 bits per heavy atom. The minimum absolute atomic E-state index is 0.0270. The Morgan fingerprint density at radius 1 is 1.03 bits per heavy atom. The topological polar surface area (TPSA) is 69.7 Å². The summed E-state index contributed by atoms with van der Waals surface area (Å²) in [6, 6.07) is 15.0. The van der Waals surface area contributed by atoms with Crippen molar-refractivity contribution in [3.63, 3.8) is 0 Å². The minimum atomic E-state index is -0.289. The van der Waals surface area contributed by atoms with E-state index in [1.807, 2.05) is 43.3 Å². The number of carbonyl (C=O) groups excluding carboxylic acids is 3. The molecule has 3 amide bonds. The molecule has 0 aromatic heterocycles. The molecule has 1 N–H and O–H groups in total. The van der Waals surface area contributed by atoms with Crippen molar-refractivity contribution in [2.24, 2.45) is 0 Å². The van der Waals surface area contributed by atoms with E-state index in [1.54, 1.807) is 21.9 Å². The van der Waals surface area contributed by atoms with Gasteiger partial charge >= 0.3 is 0 Å². The van der Waals surface area contributed by atoms with Gasteiger partial charge in [0.15, 0.2) is 0 Å². The van der Waals surface area contributed by atoms with Crippen molar-refractivity contribution in [1.82, 2.24) is 15.1 Å². The Hall–Kier alpha value is -3.15. The number of nitrogens with one attached hydrogen (secondary N) is 1. The predicted molar refractivity (Wildman–Crippen MR) is 109 cm³/mol. The zero-order valence-corrected chi connectivity index (χ0v) is 16.6. The van der Waals surface area contributed by atoms with E-state index in [2.05, 4.69) is 5.32 Å². The van der Waals surface area contributed by atoms with Crippen molar-refractivity contribution in [3.05, 3.63) is 70.8 Å². The fraction of sp³-hybridized carbons (Fsp3) is 0.348. The minimum Gasteiger partial charge on any atom is -0.348 e. The molecule has 0 bridgehead atoms. The number of piperazine rings is 1. The molecule has 6 heteroatoms. The van der Waals surface area contributed by atoms with Crippen LogP contribution in [0.25, 0.3) is 0 Å². The van der Waals surface area contributed by atoms with Gasteiger partial charge in [-0.05, 0) is 43.0 Å². The molecule has 6 nitrogen and oxygen atoms in total. The zero-order chi connectivity index (χ0) is 20.4. The number of nitrogens with zero attached hydrogens (tertiary/aromatic N) is 2. The van der Waals surface area contributed by atoms with Crippen LogP contribution in [0.4, 0.5) is 0 Å². The number of amides is 3. The molecule has 0 radical (unpaired) electrons. The molecule has 2 aromatic carbocycles. The van der Waals surface area contributed by atoms with Crippen LogP contribution in [0, 0.1) is 6.92 Å². The molecule has 29 heavy (non-hydrogen) atoms. The number of benzene rings is 2. The summed E-state index contributed by atoms with van der Waals surface area (Å²) in [5.74, 6) is -0.0795. The Balaban J connectivity index is 1.35. The van der Waals surface area contributed by atoms with Crippen LogP contribution in [0.3, 0.4) is 0 Å². The predicted octanol–water partition coefficient (Wildman–Crippen LogP) is 2.26. The van der Waals surface area contributed by atoms with Crippen LogP contribution in [0.15, 0.2) is 48.5 Å². The lowest BCUT2D eigenvalue weighted by molar-refractivity contribution is -0.154. The normalized spacial score (nSPS) is 18.7. The van der Waals surface area contributed by atoms with Crippen LogP contribution in [-0.2, 0) is 22.7 Å². The van der Waals surface area contributed by atoms with Crippen LogP contribution < -0.4 is 5.32 Å². The fourth-order valence-corrected chi connectivity index (χ4v) is 3.97. The van der Waals surface area contributed by atoms with E-state index < -0.39 is 0 Å². The highest BCUT2D eigenvalue weighted by molar-refractivity contribution is 5.95. The molecular weight excluding hydrogens is 366 g/mol. The van der Waals surface area contributed by atoms with Gasteiger partial charge in [-0.3, -0.25) is 14.4 Å².